The average molecular weight is 387 g/mol. The third-order valence-electron chi connectivity index (χ3n) is 7.66. The van der Waals surface area contributed by atoms with Crippen LogP contribution in [0.15, 0.2) is 24.3 Å². The molecule has 2 saturated carbocycles. The third-order valence-corrected chi connectivity index (χ3v) is 7.66. The highest BCUT2D eigenvalue weighted by Crippen LogP contribution is 2.45. The predicted molar refractivity (Wildman–Crippen MR) is 116 cm³/mol. The molecule has 0 saturated heterocycles. The first-order valence-corrected chi connectivity index (χ1v) is 11.5. The minimum Gasteiger partial charge on any atom is -0.384 e. The molecular weight excluding hydrogens is 347 g/mol. The first kappa shape index (κ1) is 21.6. The Morgan fingerprint density at radius 1 is 1.04 bits per heavy atom. The van der Waals surface area contributed by atoms with Crippen molar-refractivity contribution in [2.24, 2.45) is 23.7 Å². The first-order valence-electron chi connectivity index (χ1n) is 11.5. The number of benzene rings is 1. The second-order valence-corrected chi connectivity index (χ2v) is 9.64. The molecule has 0 radical (unpaired) electrons. The molecule has 1 nitrogen and oxygen atoms in total. The molecule has 1 aromatic carbocycles. The number of aliphatic hydroxyl groups is 1. The fourth-order valence-electron chi connectivity index (χ4n) is 6.00. The third kappa shape index (κ3) is 4.87. The van der Waals surface area contributed by atoms with Crippen molar-refractivity contribution < 1.29 is 9.50 Å². The molecule has 0 bridgehead atoms. The van der Waals surface area contributed by atoms with Gasteiger partial charge < -0.3 is 5.11 Å². The van der Waals surface area contributed by atoms with E-state index < -0.39 is 6.10 Å². The quantitative estimate of drug-likeness (QED) is 0.503. The normalized spacial score (nSPS) is 29.5. The van der Waals surface area contributed by atoms with Crippen LogP contribution in [0.1, 0.15) is 93.9 Å². The van der Waals surface area contributed by atoms with E-state index in [1.165, 1.54) is 57.4 Å². The highest BCUT2D eigenvalue weighted by Gasteiger charge is 2.33. The van der Waals surface area contributed by atoms with E-state index >= 15 is 0 Å². The molecule has 0 aliphatic heterocycles. The van der Waals surface area contributed by atoms with E-state index in [1.54, 1.807) is 0 Å². The van der Waals surface area contributed by atoms with Gasteiger partial charge in [-0.15, -0.1) is 0 Å². The van der Waals surface area contributed by atoms with Gasteiger partial charge in [0.2, 0.25) is 0 Å². The van der Waals surface area contributed by atoms with Gasteiger partial charge >= 0.3 is 0 Å². The molecule has 2 aliphatic carbocycles. The van der Waals surface area contributed by atoms with Crippen LogP contribution in [0, 0.1) is 43.3 Å². The minimum atomic E-state index is -0.883. The summed E-state index contributed by atoms with van der Waals surface area (Å²) in [6, 6.07) is 3.46. The van der Waals surface area contributed by atoms with Crippen LogP contribution in [-0.4, -0.2) is 5.11 Å². The van der Waals surface area contributed by atoms with Crippen molar-refractivity contribution >= 4 is 0 Å². The zero-order chi connectivity index (χ0) is 20.3. The first-order chi connectivity index (χ1) is 13.4. The fraction of sp³-hybridized carbons (Fsp3) is 0.692. The van der Waals surface area contributed by atoms with E-state index in [-0.39, 0.29) is 5.82 Å². The average Bonchev–Trinajstić information content (AvgIpc) is 2.67. The molecule has 1 unspecified atom stereocenters. The van der Waals surface area contributed by atoms with Gasteiger partial charge in [0.05, 0.1) is 0 Å². The molecule has 1 atom stereocenters. The van der Waals surface area contributed by atoms with Crippen LogP contribution < -0.4 is 0 Å². The van der Waals surface area contributed by atoms with Gasteiger partial charge in [0.15, 0.2) is 0 Å². The number of aryl methyl sites for hydroxylation is 2. The molecule has 2 aliphatic rings. The van der Waals surface area contributed by atoms with E-state index in [0.29, 0.717) is 11.5 Å². The van der Waals surface area contributed by atoms with Gasteiger partial charge in [-0.3, -0.25) is 0 Å². The van der Waals surface area contributed by atoms with Gasteiger partial charge in [0, 0.05) is 5.56 Å². The lowest BCUT2D eigenvalue weighted by Crippen LogP contribution is -2.27. The molecule has 0 aromatic heterocycles. The van der Waals surface area contributed by atoms with E-state index in [1.807, 2.05) is 19.9 Å². The maximum absolute atomic E-state index is 14.5. The van der Waals surface area contributed by atoms with E-state index in [2.05, 4.69) is 13.5 Å². The lowest BCUT2D eigenvalue weighted by Gasteiger charge is -2.39. The Kier molecular flexibility index (Phi) is 7.36. The van der Waals surface area contributed by atoms with Gasteiger partial charge in [0.1, 0.15) is 11.9 Å². The Labute approximate surface area is 171 Å². The molecule has 1 N–H and O–H groups in total. The Balaban J connectivity index is 1.54. The summed E-state index contributed by atoms with van der Waals surface area (Å²) in [5.74, 6) is 2.75. The van der Waals surface area contributed by atoms with Crippen molar-refractivity contribution in [3.63, 3.8) is 0 Å². The molecule has 2 heteroatoms. The zero-order valence-electron chi connectivity index (χ0n) is 18.1. The Morgan fingerprint density at radius 3 is 2.14 bits per heavy atom. The van der Waals surface area contributed by atoms with Crippen LogP contribution in [0.3, 0.4) is 0 Å². The molecule has 0 spiro atoms. The maximum Gasteiger partial charge on any atom is 0.129 e. The second kappa shape index (κ2) is 9.57. The van der Waals surface area contributed by atoms with E-state index in [0.717, 1.165) is 47.3 Å². The Bertz CT molecular complexity index is 640. The topological polar surface area (TPSA) is 20.2 Å². The molecule has 0 heterocycles. The predicted octanol–water partition coefficient (Wildman–Crippen LogP) is 7.45. The zero-order valence-corrected chi connectivity index (χ0v) is 18.1. The molecule has 3 rings (SSSR count). The van der Waals surface area contributed by atoms with Crippen LogP contribution in [0.5, 0.6) is 0 Å². The van der Waals surface area contributed by atoms with Crippen molar-refractivity contribution in [2.75, 3.05) is 0 Å². The largest absolute Gasteiger partial charge is 0.384 e. The number of hydrogen-bond acceptors (Lipinski definition) is 1. The molecule has 156 valence electrons. The number of hydrogen-bond donors (Lipinski definition) is 1. The summed E-state index contributed by atoms with van der Waals surface area (Å²) in [7, 11) is 0. The summed E-state index contributed by atoms with van der Waals surface area (Å²) in [5, 5.41) is 10.8. The van der Waals surface area contributed by atoms with Crippen LogP contribution in [0.4, 0.5) is 4.39 Å². The highest BCUT2D eigenvalue weighted by molar-refractivity contribution is 5.37. The molecular formula is C26H39FO. The van der Waals surface area contributed by atoms with Gasteiger partial charge in [-0.1, -0.05) is 45.3 Å². The summed E-state index contributed by atoms with van der Waals surface area (Å²) in [6.07, 6.45) is 12.2. The summed E-state index contributed by atoms with van der Waals surface area (Å²) < 4.78 is 14.5. The molecule has 0 amide bonds. The van der Waals surface area contributed by atoms with Crippen molar-refractivity contribution in [3.05, 3.63) is 46.8 Å². The van der Waals surface area contributed by atoms with Crippen molar-refractivity contribution in [2.45, 2.75) is 91.1 Å². The molecule has 28 heavy (non-hydrogen) atoms. The SMILES string of the molecule is C=C(C1CCC(C2CCC(CCC)CC2)CC1)C(O)c1c(C)cc(C)cc1F. The van der Waals surface area contributed by atoms with Gasteiger partial charge in [0.25, 0.3) is 0 Å². The summed E-state index contributed by atoms with van der Waals surface area (Å²) in [6.45, 7) is 10.3. The van der Waals surface area contributed by atoms with E-state index in [9.17, 15) is 9.50 Å². The molecule has 2 fully saturated rings. The monoisotopic (exact) mass is 386 g/mol. The fourth-order valence-corrected chi connectivity index (χ4v) is 6.00. The van der Waals surface area contributed by atoms with Gasteiger partial charge in [-0.25, -0.2) is 4.39 Å². The van der Waals surface area contributed by atoms with Crippen LogP contribution >= 0.6 is 0 Å². The standard InChI is InChI=1S/C26H39FO/c1-5-6-20-7-9-22(10-8-20)23-13-11-21(12-14-23)19(4)26(28)25-18(3)15-17(2)16-24(25)27/h15-16,20-23,26,28H,4-14H2,1-3H3. The second-order valence-electron chi connectivity index (χ2n) is 9.64. The lowest BCUT2D eigenvalue weighted by atomic mass is 9.67. The Morgan fingerprint density at radius 2 is 1.61 bits per heavy atom. The summed E-state index contributed by atoms with van der Waals surface area (Å²) >= 11 is 0. The van der Waals surface area contributed by atoms with Gasteiger partial charge in [-0.2, -0.15) is 0 Å². The minimum absolute atomic E-state index is 0.302. The Hall–Kier alpha value is -1.15. The lowest BCUT2D eigenvalue weighted by molar-refractivity contribution is 0.136. The number of rotatable bonds is 6. The van der Waals surface area contributed by atoms with Gasteiger partial charge in [-0.05, 0) is 98.8 Å². The van der Waals surface area contributed by atoms with Crippen LogP contribution in [0.2, 0.25) is 0 Å². The molecule has 1 aromatic rings. The van der Waals surface area contributed by atoms with Crippen molar-refractivity contribution in [1.29, 1.82) is 0 Å². The van der Waals surface area contributed by atoms with Crippen LogP contribution in [0.25, 0.3) is 0 Å². The van der Waals surface area contributed by atoms with E-state index in [4.69, 9.17) is 0 Å². The number of halogens is 1. The maximum atomic E-state index is 14.5. The summed E-state index contributed by atoms with van der Waals surface area (Å²) in [5.41, 5.74) is 2.96. The number of aliphatic hydroxyl groups excluding tert-OH is 1. The highest BCUT2D eigenvalue weighted by atomic mass is 19.1. The smallest absolute Gasteiger partial charge is 0.129 e. The van der Waals surface area contributed by atoms with Crippen molar-refractivity contribution in [3.8, 4) is 0 Å². The van der Waals surface area contributed by atoms with Crippen molar-refractivity contribution in [1.82, 2.24) is 0 Å². The summed E-state index contributed by atoms with van der Waals surface area (Å²) in [4.78, 5) is 0. The van der Waals surface area contributed by atoms with Crippen LogP contribution in [-0.2, 0) is 0 Å².